The lowest BCUT2D eigenvalue weighted by Gasteiger charge is -2.40. The van der Waals surface area contributed by atoms with Crippen LogP contribution in [0.3, 0.4) is 0 Å². The standard InChI is InChI=1S/C22H27N3O3/c26-20(24-28)18-11-22(8-9-22)13-23-19(18)21(27)25-10-7-17-15(12-25)6-5-14-3-1-2-4-16(14)17/h1-4,18-19,23,28H,5-13H2,(H,24,26). The van der Waals surface area contributed by atoms with Crippen molar-refractivity contribution in [2.45, 2.75) is 44.6 Å². The summed E-state index contributed by atoms with van der Waals surface area (Å²) in [6.45, 7) is 2.12. The lowest BCUT2D eigenvalue weighted by molar-refractivity contribution is -0.144. The molecule has 6 heteroatoms. The number of carbonyl (C=O) groups excluding carboxylic acids is 2. The number of piperidine rings is 1. The maximum Gasteiger partial charge on any atom is 0.248 e. The molecule has 2 unspecified atom stereocenters. The minimum atomic E-state index is -0.545. The largest absolute Gasteiger partial charge is 0.337 e. The van der Waals surface area contributed by atoms with Crippen LogP contribution in [0.15, 0.2) is 29.8 Å². The highest BCUT2D eigenvalue weighted by atomic mass is 16.5. The van der Waals surface area contributed by atoms with Gasteiger partial charge in [0.1, 0.15) is 0 Å². The predicted octanol–water partition coefficient (Wildman–Crippen LogP) is 1.88. The van der Waals surface area contributed by atoms with Gasteiger partial charge in [0, 0.05) is 19.6 Å². The molecule has 2 heterocycles. The van der Waals surface area contributed by atoms with E-state index in [1.165, 1.54) is 22.3 Å². The van der Waals surface area contributed by atoms with Crippen molar-refractivity contribution in [3.8, 4) is 0 Å². The first-order valence-electron chi connectivity index (χ1n) is 10.4. The maximum atomic E-state index is 13.3. The van der Waals surface area contributed by atoms with Crippen LogP contribution < -0.4 is 10.8 Å². The van der Waals surface area contributed by atoms with Crippen molar-refractivity contribution in [2.24, 2.45) is 11.3 Å². The Morgan fingerprint density at radius 2 is 2.00 bits per heavy atom. The highest BCUT2D eigenvalue weighted by Gasteiger charge is 2.52. The van der Waals surface area contributed by atoms with Crippen LogP contribution in [-0.4, -0.2) is 47.6 Å². The summed E-state index contributed by atoms with van der Waals surface area (Å²) in [5.41, 5.74) is 7.45. The smallest absolute Gasteiger partial charge is 0.248 e. The second-order valence-electron chi connectivity index (χ2n) is 8.89. The van der Waals surface area contributed by atoms with Crippen LogP contribution in [0.2, 0.25) is 0 Å². The number of fused-ring (bicyclic) bond motifs is 2. The fraction of sp³-hybridized carbons (Fsp3) is 0.545. The average molecular weight is 381 g/mol. The lowest BCUT2D eigenvalue weighted by Crippen LogP contribution is -2.59. The summed E-state index contributed by atoms with van der Waals surface area (Å²) in [6, 6.07) is 8.03. The molecule has 4 aliphatic rings. The molecule has 1 aromatic carbocycles. The molecule has 0 radical (unpaired) electrons. The second-order valence-corrected chi connectivity index (χ2v) is 8.89. The first-order chi connectivity index (χ1) is 13.6. The van der Waals surface area contributed by atoms with E-state index in [2.05, 4.69) is 29.6 Å². The number of hydrogen-bond donors (Lipinski definition) is 3. The summed E-state index contributed by atoms with van der Waals surface area (Å²) < 4.78 is 0. The zero-order chi connectivity index (χ0) is 19.3. The molecule has 1 aromatic rings. The van der Waals surface area contributed by atoms with E-state index < -0.39 is 17.9 Å². The third kappa shape index (κ3) is 2.95. The molecule has 28 heavy (non-hydrogen) atoms. The van der Waals surface area contributed by atoms with Crippen molar-refractivity contribution in [1.29, 1.82) is 0 Å². The van der Waals surface area contributed by atoms with Gasteiger partial charge in [0.15, 0.2) is 0 Å². The van der Waals surface area contributed by atoms with Gasteiger partial charge < -0.3 is 10.2 Å². The fourth-order valence-electron chi connectivity index (χ4n) is 5.36. The molecule has 5 rings (SSSR count). The molecule has 0 bridgehead atoms. The molecule has 3 N–H and O–H groups in total. The van der Waals surface area contributed by atoms with Crippen LogP contribution >= 0.6 is 0 Å². The Kier molecular flexibility index (Phi) is 4.29. The van der Waals surface area contributed by atoms with Gasteiger partial charge in [0.2, 0.25) is 11.8 Å². The van der Waals surface area contributed by atoms with E-state index in [9.17, 15) is 14.8 Å². The zero-order valence-corrected chi connectivity index (χ0v) is 16.0. The van der Waals surface area contributed by atoms with Gasteiger partial charge in [-0.1, -0.05) is 24.3 Å². The van der Waals surface area contributed by atoms with Gasteiger partial charge in [-0.2, -0.15) is 0 Å². The molecule has 1 saturated carbocycles. The Balaban J connectivity index is 1.35. The Morgan fingerprint density at radius 3 is 2.79 bits per heavy atom. The Bertz CT molecular complexity index is 858. The third-order valence-corrected chi connectivity index (χ3v) is 7.21. The highest BCUT2D eigenvalue weighted by molar-refractivity contribution is 5.91. The minimum absolute atomic E-state index is 0.00508. The zero-order valence-electron chi connectivity index (χ0n) is 16.0. The monoisotopic (exact) mass is 381 g/mol. The molecule has 0 aromatic heterocycles. The first-order valence-corrected chi connectivity index (χ1v) is 10.4. The number of hydrogen-bond acceptors (Lipinski definition) is 4. The summed E-state index contributed by atoms with van der Waals surface area (Å²) in [4.78, 5) is 27.5. The van der Waals surface area contributed by atoms with Crippen molar-refractivity contribution < 1.29 is 14.8 Å². The summed E-state index contributed by atoms with van der Waals surface area (Å²) >= 11 is 0. The average Bonchev–Trinajstić information content (AvgIpc) is 3.50. The van der Waals surface area contributed by atoms with Gasteiger partial charge in [0.05, 0.1) is 12.0 Å². The molecule has 6 nitrogen and oxygen atoms in total. The number of benzene rings is 1. The van der Waals surface area contributed by atoms with E-state index >= 15 is 0 Å². The van der Waals surface area contributed by atoms with Gasteiger partial charge in [-0.15, -0.1) is 0 Å². The fourth-order valence-corrected chi connectivity index (χ4v) is 5.36. The van der Waals surface area contributed by atoms with Crippen LogP contribution in [0.1, 0.15) is 43.2 Å². The molecule has 148 valence electrons. The van der Waals surface area contributed by atoms with E-state index in [-0.39, 0.29) is 11.3 Å². The quantitative estimate of drug-likeness (QED) is 0.540. The lowest BCUT2D eigenvalue weighted by atomic mass is 9.80. The number of amides is 2. The van der Waals surface area contributed by atoms with E-state index in [4.69, 9.17) is 0 Å². The predicted molar refractivity (Wildman–Crippen MR) is 104 cm³/mol. The highest BCUT2D eigenvalue weighted by Crippen LogP contribution is 2.52. The summed E-state index contributed by atoms with van der Waals surface area (Å²) in [6.07, 6.45) is 5.75. The van der Waals surface area contributed by atoms with Crippen molar-refractivity contribution in [2.75, 3.05) is 19.6 Å². The van der Waals surface area contributed by atoms with Gasteiger partial charge in [-0.3, -0.25) is 14.8 Å². The van der Waals surface area contributed by atoms with Crippen molar-refractivity contribution in [3.05, 3.63) is 41.0 Å². The summed E-state index contributed by atoms with van der Waals surface area (Å²) in [7, 11) is 0. The van der Waals surface area contributed by atoms with Crippen LogP contribution in [-0.2, 0) is 16.0 Å². The van der Waals surface area contributed by atoms with Gasteiger partial charge in [-0.25, -0.2) is 5.48 Å². The normalized spacial score (nSPS) is 27.8. The second kappa shape index (κ2) is 6.71. The Morgan fingerprint density at radius 1 is 1.18 bits per heavy atom. The van der Waals surface area contributed by atoms with E-state index in [0.717, 1.165) is 38.6 Å². The van der Waals surface area contributed by atoms with Gasteiger partial charge >= 0.3 is 0 Å². The molecule has 1 spiro atoms. The minimum Gasteiger partial charge on any atom is -0.337 e. The molecule has 2 atom stereocenters. The summed E-state index contributed by atoms with van der Waals surface area (Å²) in [5, 5.41) is 12.5. The number of nitrogens with one attached hydrogen (secondary N) is 2. The molecule has 1 saturated heterocycles. The van der Waals surface area contributed by atoms with Gasteiger partial charge in [-0.05, 0) is 66.2 Å². The van der Waals surface area contributed by atoms with Crippen LogP contribution in [0.4, 0.5) is 0 Å². The molecular formula is C22H27N3O3. The van der Waals surface area contributed by atoms with Crippen LogP contribution in [0.25, 0.3) is 5.57 Å². The number of carbonyl (C=O) groups is 2. The Labute approximate surface area is 164 Å². The SMILES string of the molecule is O=C(NO)C1CC2(CC2)CNC1C(=O)N1CCC2=C(CCc3ccccc32)C1. The first kappa shape index (κ1) is 17.9. The van der Waals surface area contributed by atoms with E-state index in [1.807, 2.05) is 4.90 Å². The maximum absolute atomic E-state index is 13.3. The summed E-state index contributed by atoms with van der Waals surface area (Å²) in [5.74, 6) is -0.953. The van der Waals surface area contributed by atoms with Crippen LogP contribution in [0.5, 0.6) is 0 Å². The van der Waals surface area contributed by atoms with Crippen LogP contribution in [0, 0.1) is 11.3 Å². The molecule has 2 aliphatic carbocycles. The number of rotatable bonds is 2. The van der Waals surface area contributed by atoms with Crippen molar-refractivity contribution in [1.82, 2.24) is 15.7 Å². The molecular weight excluding hydrogens is 354 g/mol. The van der Waals surface area contributed by atoms with E-state index in [1.54, 1.807) is 5.48 Å². The number of hydroxylamine groups is 1. The van der Waals surface area contributed by atoms with Crippen molar-refractivity contribution >= 4 is 17.4 Å². The van der Waals surface area contributed by atoms with E-state index in [0.29, 0.717) is 19.5 Å². The molecule has 2 fully saturated rings. The number of nitrogens with zero attached hydrogens (tertiary/aromatic N) is 1. The topological polar surface area (TPSA) is 81.7 Å². The Hall–Kier alpha value is -2.18. The van der Waals surface area contributed by atoms with Crippen molar-refractivity contribution in [3.63, 3.8) is 0 Å². The van der Waals surface area contributed by atoms with Gasteiger partial charge in [0.25, 0.3) is 0 Å². The third-order valence-electron chi connectivity index (χ3n) is 7.21. The molecule has 2 amide bonds. The number of aryl methyl sites for hydroxylation is 1. The molecule has 2 aliphatic heterocycles.